The van der Waals surface area contributed by atoms with Crippen LogP contribution in [-0.4, -0.2) is 99.3 Å². The lowest BCUT2D eigenvalue weighted by atomic mass is 9.69. The van der Waals surface area contributed by atoms with Crippen molar-refractivity contribution in [1.29, 1.82) is 0 Å². The average Bonchev–Trinajstić information content (AvgIpc) is 3.32. The van der Waals surface area contributed by atoms with E-state index in [2.05, 4.69) is 13.8 Å². The number of esters is 2. The maximum atomic E-state index is 13.7. The van der Waals surface area contributed by atoms with Crippen molar-refractivity contribution in [2.45, 2.75) is 142 Å². The number of hydrogen-bond acceptors (Lipinski definition) is 11. The molecule has 4 saturated carbocycles. The fourth-order valence-corrected chi connectivity index (χ4v) is 11.2. The molecule has 0 saturated heterocycles. The van der Waals surface area contributed by atoms with E-state index in [4.69, 9.17) is 42.6 Å². The largest absolute Gasteiger partial charge is 0.493 e. The Hall–Kier alpha value is -2.86. The molecule has 0 aromatic heterocycles. The summed E-state index contributed by atoms with van der Waals surface area (Å²) < 4.78 is 51.4. The van der Waals surface area contributed by atoms with Gasteiger partial charge in [0, 0.05) is 25.8 Å². The van der Waals surface area contributed by atoms with Crippen molar-refractivity contribution >= 4 is 18.0 Å². The topological polar surface area (TPSA) is 117 Å². The van der Waals surface area contributed by atoms with Crippen LogP contribution in [0, 0.1) is 47.3 Å². The summed E-state index contributed by atoms with van der Waals surface area (Å²) in [5.41, 5.74) is 0.262. The Labute approximate surface area is 386 Å². The van der Waals surface area contributed by atoms with Gasteiger partial charge in [-0.05, 0) is 137 Å². The molecular weight excluding hydrogens is 813 g/mol. The Balaban J connectivity index is 1.29. The molecule has 364 valence electrons. The zero-order chi connectivity index (χ0) is 45.4. The molecule has 4 aliphatic carbocycles. The third kappa shape index (κ3) is 17.4. The van der Waals surface area contributed by atoms with Gasteiger partial charge in [0.15, 0.2) is 11.5 Å². The number of carbonyl (C=O) groups is 2. The molecule has 0 bridgehead atoms. The third-order valence-corrected chi connectivity index (χ3v) is 15.1. The minimum Gasteiger partial charge on any atom is -0.493 e. The lowest BCUT2D eigenvalue weighted by molar-refractivity contribution is -0.148. The number of hydrogen-bond donors (Lipinski definition) is 0. The van der Waals surface area contributed by atoms with Gasteiger partial charge in [-0.2, -0.15) is 0 Å². The molecule has 1 aromatic rings. The van der Waals surface area contributed by atoms with Gasteiger partial charge in [-0.3, -0.25) is 0 Å². The zero-order valence-electron chi connectivity index (χ0n) is 40.6. The van der Waals surface area contributed by atoms with Crippen LogP contribution in [0.3, 0.4) is 0 Å². The van der Waals surface area contributed by atoms with Crippen molar-refractivity contribution < 1.29 is 52.2 Å². The van der Waals surface area contributed by atoms with Crippen LogP contribution < -0.4 is 14.2 Å². The molecule has 0 radical (unpaired) electrons. The molecular formula is C53H86O11. The van der Waals surface area contributed by atoms with Crippen LogP contribution in [0.4, 0.5) is 0 Å². The maximum absolute atomic E-state index is 13.7. The lowest BCUT2D eigenvalue weighted by Crippen LogP contribution is -2.27. The maximum Gasteiger partial charge on any atom is 0.345 e. The van der Waals surface area contributed by atoms with Gasteiger partial charge in [0.2, 0.25) is 0 Å². The molecule has 11 heteroatoms. The molecule has 0 spiro atoms. The van der Waals surface area contributed by atoms with E-state index in [0.29, 0.717) is 74.3 Å². The highest BCUT2D eigenvalue weighted by molar-refractivity contribution is 6.18. The molecule has 4 aliphatic rings. The Bertz CT molecular complexity index is 1450. The van der Waals surface area contributed by atoms with Crippen LogP contribution in [0.5, 0.6) is 17.2 Å². The van der Waals surface area contributed by atoms with Crippen LogP contribution in [0.2, 0.25) is 0 Å². The fourth-order valence-electron chi connectivity index (χ4n) is 11.2. The number of ether oxygens (including phenoxy) is 9. The van der Waals surface area contributed by atoms with Crippen LogP contribution >= 0.6 is 0 Å². The second-order valence-electron chi connectivity index (χ2n) is 19.4. The Morgan fingerprint density at radius 1 is 0.484 bits per heavy atom. The Kier molecular flexibility index (Phi) is 24.2. The molecule has 0 unspecified atom stereocenters. The van der Waals surface area contributed by atoms with E-state index in [1.807, 2.05) is 12.1 Å². The summed E-state index contributed by atoms with van der Waals surface area (Å²) in [5, 5.41) is 0. The standard InChI is InChI=1S/C53H86O11/c1-6-8-39-10-18-43(19-11-39)45-22-14-41(15-23-45)37-63-49-36-50(58-5)51(64-38-42-16-24-46(25-17-42)44-20-12-40(9-7-2)13-21-44)35-47(49)34-48(52(54)61-32-30-59-28-26-56-3)53(55)62-33-31-60-29-27-57-4/h34-36,39-46H,6-33,37-38H2,1-5H3/t39?,40?,41-,42-,43?,44?,45-,46-. The van der Waals surface area contributed by atoms with Crippen molar-refractivity contribution in [3.63, 3.8) is 0 Å². The lowest BCUT2D eigenvalue weighted by Gasteiger charge is -2.38. The number of carbonyl (C=O) groups excluding carboxylic acids is 2. The van der Waals surface area contributed by atoms with E-state index in [9.17, 15) is 9.59 Å². The number of benzene rings is 1. The molecule has 11 nitrogen and oxygen atoms in total. The first-order valence-corrected chi connectivity index (χ1v) is 25.5. The van der Waals surface area contributed by atoms with Crippen molar-refractivity contribution in [1.82, 2.24) is 0 Å². The molecule has 0 heterocycles. The zero-order valence-corrected chi connectivity index (χ0v) is 40.6. The Morgan fingerprint density at radius 2 is 0.875 bits per heavy atom. The summed E-state index contributed by atoms with van der Waals surface area (Å²) in [4.78, 5) is 27.4. The smallest absolute Gasteiger partial charge is 0.345 e. The van der Waals surface area contributed by atoms with Gasteiger partial charge in [0.05, 0.1) is 60.0 Å². The molecule has 64 heavy (non-hydrogen) atoms. The minimum atomic E-state index is -0.817. The minimum absolute atomic E-state index is 0.0428. The monoisotopic (exact) mass is 899 g/mol. The van der Waals surface area contributed by atoms with Gasteiger partial charge in [0.25, 0.3) is 0 Å². The highest BCUT2D eigenvalue weighted by Gasteiger charge is 2.33. The first-order valence-electron chi connectivity index (χ1n) is 25.5. The van der Waals surface area contributed by atoms with Gasteiger partial charge in [0.1, 0.15) is 24.5 Å². The molecule has 1 aromatic carbocycles. The molecule has 0 N–H and O–H groups in total. The SMILES string of the molecule is CCCC1CCC([C@H]2CC[C@H](COc3cc(OC)c(OC[C@H]4CC[C@H](C5CCC(CCC)CC5)CC4)cc3C=C(C(=O)OCCOCCOC)C(=O)OCCOCCOC)CC2)CC1. The predicted octanol–water partition coefficient (Wildman–Crippen LogP) is 11.1. The molecule has 0 amide bonds. The summed E-state index contributed by atoms with van der Waals surface area (Å²) >= 11 is 0. The second-order valence-corrected chi connectivity index (χ2v) is 19.4. The van der Waals surface area contributed by atoms with Crippen LogP contribution in [0.1, 0.15) is 148 Å². The molecule has 5 rings (SSSR count). The van der Waals surface area contributed by atoms with Gasteiger partial charge in [-0.25, -0.2) is 9.59 Å². The van der Waals surface area contributed by atoms with Crippen LogP contribution in [0.25, 0.3) is 6.08 Å². The van der Waals surface area contributed by atoms with E-state index in [1.54, 1.807) is 21.3 Å². The first-order chi connectivity index (χ1) is 31.3. The van der Waals surface area contributed by atoms with E-state index in [-0.39, 0.29) is 32.0 Å². The fraction of sp³-hybridized carbons (Fsp3) is 0.811. The highest BCUT2D eigenvalue weighted by Crippen LogP contribution is 2.45. The first kappa shape index (κ1) is 52.1. The number of methoxy groups -OCH3 is 3. The van der Waals surface area contributed by atoms with E-state index < -0.39 is 11.9 Å². The summed E-state index contributed by atoms with van der Waals surface area (Å²) in [5.74, 6) is 6.09. The Morgan fingerprint density at radius 3 is 1.27 bits per heavy atom. The van der Waals surface area contributed by atoms with Crippen molar-refractivity contribution in [2.75, 3.05) is 87.4 Å². The van der Waals surface area contributed by atoms with Crippen molar-refractivity contribution in [2.24, 2.45) is 47.3 Å². The highest BCUT2D eigenvalue weighted by atomic mass is 16.6. The van der Waals surface area contributed by atoms with E-state index >= 15 is 0 Å². The van der Waals surface area contributed by atoms with Gasteiger partial charge < -0.3 is 42.6 Å². The normalized spacial score (nSPS) is 26.1. The van der Waals surface area contributed by atoms with E-state index in [0.717, 1.165) is 61.2 Å². The number of rotatable bonds is 28. The van der Waals surface area contributed by atoms with E-state index in [1.165, 1.54) is 109 Å². The van der Waals surface area contributed by atoms with Crippen molar-refractivity contribution in [3.05, 3.63) is 23.3 Å². The summed E-state index contributed by atoms with van der Waals surface area (Å²) in [6.07, 6.45) is 27.6. The van der Waals surface area contributed by atoms with Gasteiger partial charge in [-0.1, -0.05) is 65.2 Å². The van der Waals surface area contributed by atoms with Crippen molar-refractivity contribution in [3.8, 4) is 17.2 Å². The summed E-state index contributed by atoms with van der Waals surface area (Å²) in [7, 11) is 4.83. The summed E-state index contributed by atoms with van der Waals surface area (Å²) in [6, 6.07) is 3.68. The summed E-state index contributed by atoms with van der Waals surface area (Å²) in [6.45, 7) is 7.53. The predicted molar refractivity (Wildman–Crippen MR) is 251 cm³/mol. The molecule has 0 aliphatic heterocycles. The van der Waals surface area contributed by atoms with Crippen LogP contribution in [-0.2, 0) is 38.0 Å². The second kappa shape index (κ2) is 29.7. The third-order valence-electron chi connectivity index (χ3n) is 15.1. The van der Waals surface area contributed by atoms with Gasteiger partial charge >= 0.3 is 11.9 Å². The van der Waals surface area contributed by atoms with Crippen LogP contribution in [0.15, 0.2) is 17.7 Å². The van der Waals surface area contributed by atoms with Gasteiger partial charge in [-0.15, -0.1) is 0 Å². The average molecular weight is 899 g/mol. The molecule has 0 atom stereocenters. The molecule has 4 fully saturated rings. The quantitative estimate of drug-likeness (QED) is 0.0263.